The summed E-state index contributed by atoms with van der Waals surface area (Å²) in [5, 5.41) is 12.2. The molecule has 0 aliphatic heterocycles. The first-order valence-electron chi connectivity index (χ1n) is 6.95. The summed E-state index contributed by atoms with van der Waals surface area (Å²) in [6.07, 6.45) is -0.0496. The summed E-state index contributed by atoms with van der Waals surface area (Å²) >= 11 is 0. The first-order chi connectivity index (χ1) is 9.74. The lowest BCUT2D eigenvalue weighted by Crippen LogP contribution is -3.07. The van der Waals surface area contributed by atoms with E-state index in [1.807, 2.05) is 67.6 Å². The third-order valence-electron chi connectivity index (χ3n) is 3.14. The van der Waals surface area contributed by atoms with Crippen molar-refractivity contribution in [3.05, 3.63) is 77.0 Å². The predicted molar refractivity (Wildman–Crippen MR) is 80.0 cm³/mol. The molecule has 0 aliphatic rings. The van der Waals surface area contributed by atoms with E-state index >= 15 is 0 Å². The van der Waals surface area contributed by atoms with Crippen LogP contribution >= 0.6 is 0 Å². The molecular formula is C17H21NO2. The summed E-state index contributed by atoms with van der Waals surface area (Å²) < 4.78 is 5.72. The molecule has 0 bridgehead atoms. The number of hydrogen-bond acceptors (Lipinski definition) is 2. The molecule has 0 radical (unpaired) electrons. The second kappa shape index (κ2) is 7.80. The SMILES string of the molecule is C[C@@H](C[NH+]([O-])Cc1ccccc1)OCc1ccccc1. The highest BCUT2D eigenvalue weighted by Gasteiger charge is 2.08. The summed E-state index contributed by atoms with van der Waals surface area (Å²) in [4.78, 5) is 0. The molecule has 2 aromatic carbocycles. The molecule has 106 valence electrons. The van der Waals surface area contributed by atoms with Gasteiger partial charge in [0.1, 0.15) is 19.2 Å². The molecule has 0 spiro atoms. The average Bonchev–Trinajstić information content (AvgIpc) is 2.47. The van der Waals surface area contributed by atoms with E-state index in [9.17, 15) is 5.21 Å². The maximum Gasteiger partial charge on any atom is 0.104 e. The lowest BCUT2D eigenvalue weighted by Gasteiger charge is -2.25. The quantitative estimate of drug-likeness (QED) is 0.784. The van der Waals surface area contributed by atoms with E-state index in [0.717, 1.165) is 11.1 Å². The number of hydroxylamine groups is 2. The molecule has 3 nitrogen and oxygen atoms in total. The summed E-state index contributed by atoms with van der Waals surface area (Å²) in [6, 6.07) is 19.8. The van der Waals surface area contributed by atoms with E-state index in [-0.39, 0.29) is 11.2 Å². The molecule has 0 heterocycles. The third kappa shape index (κ3) is 5.13. The van der Waals surface area contributed by atoms with Gasteiger partial charge in [-0.3, -0.25) is 0 Å². The monoisotopic (exact) mass is 271 g/mol. The van der Waals surface area contributed by atoms with Crippen molar-refractivity contribution < 1.29 is 9.80 Å². The van der Waals surface area contributed by atoms with E-state index in [1.165, 1.54) is 0 Å². The molecule has 0 saturated heterocycles. The molecule has 0 aliphatic carbocycles. The Morgan fingerprint density at radius 3 is 2.10 bits per heavy atom. The molecule has 1 unspecified atom stereocenters. The van der Waals surface area contributed by atoms with Gasteiger partial charge < -0.3 is 15.0 Å². The third-order valence-corrected chi connectivity index (χ3v) is 3.14. The molecular weight excluding hydrogens is 250 g/mol. The van der Waals surface area contributed by atoms with Crippen LogP contribution in [0, 0.1) is 5.21 Å². The van der Waals surface area contributed by atoms with Crippen LogP contribution in [0.25, 0.3) is 0 Å². The van der Waals surface area contributed by atoms with Gasteiger partial charge in [0.15, 0.2) is 0 Å². The highest BCUT2D eigenvalue weighted by atomic mass is 16.5. The minimum atomic E-state index is -0.0496. The Morgan fingerprint density at radius 2 is 1.50 bits per heavy atom. The van der Waals surface area contributed by atoms with E-state index in [4.69, 9.17) is 4.74 Å². The molecule has 2 aromatic rings. The summed E-state index contributed by atoms with van der Waals surface area (Å²) in [7, 11) is 0. The van der Waals surface area contributed by atoms with E-state index in [2.05, 4.69) is 0 Å². The normalized spacial score (nSPS) is 13.9. The lowest BCUT2D eigenvalue weighted by molar-refractivity contribution is -0.866. The highest BCUT2D eigenvalue weighted by molar-refractivity contribution is 5.14. The van der Waals surface area contributed by atoms with Crippen molar-refractivity contribution in [2.75, 3.05) is 6.54 Å². The van der Waals surface area contributed by atoms with Crippen LogP contribution in [0.3, 0.4) is 0 Å². The number of nitrogens with one attached hydrogen (secondary N) is 1. The van der Waals surface area contributed by atoms with Gasteiger partial charge in [0.25, 0.3) is 0 Å². The van der Waals surface area contributed by atoms with Crippen molar-refractivity contribution in [1.29, 1.82) is 0 Å². The van der Waals surface area contributed by atoms with Gasteiger partial charge in [-0.15, -0.1) is 0 Å². The Balaban J connectivity index is 1.72. The Kier molecular flexibility index (Phi) is 5.74. The maximum absolute atomic E-state index is 12.0. The van der Waals surface area contributed by atoms with Gasteiger partial charge in [-0.1, -0.05) is 60.7 Å². The van der Waals surface area contributed by atoms with Crippen molar-refractivity contribution in [3.63, 3.8) is 0 Å². The van der Waals surface area contributed by atoms with Crippen LogP contribution < -0.4 is 5.06 Å². The minimum absolute atomic E-state index is 0.0496. The van der Waals surface area contributed by atoms with E-state index in [1.54, 1.807) is 0 Å². The highest BCUT2D eigenvalue weighted by Crippen LogP contribution is 2.02. The predicted octanol–water partition coefficient (Wildman–Crippen LogP) is 2.17. The van der Waals surface area contributed by atoms with Gasteiger partial charge >= 0.3 is 0 Å². The molecule has 0 fully saturated rings. The van der Waals surface area contributed by atoms with Crippen LogP contribution in [0.15, 0.2) is 60.7 Å². The summed E-state index contributed by atoms with van der Waals surface area (Å²) in [5.41, 5.74) is 2.20. The smallest absolute Gasteiger partial charge is 0.104 e. The lowest BCUT2D eigenvalue weighted by atomic mass is 10.2. The fourth-order valence-corrected chi connectivity index (χ4v) is 2.09. The van der Waals surface area contributed by atoms with E-state index in [0.29, 0.717) is 19.7 Å². The largest absolute Gasteiger partial charge is 0.634 e. The second-order valence-corrected chi connectivity index (χ2v) is 5.01. The first-order valence-corrected chi connectivity index (χ1v) is 6.95. The number of ether oxygens (including phenoxy) is 1. The number of hydrogen-bond donors (Lipinski definition) is 1. The molecule has 0 aromatic heterocycles. The van der Waals surface area contributed by atoms with Gasteiger partial charge in [-0.2, -0.15) is 0 Å². The Morgan fingerprint density at radius 1 is 0.950 bits per heavy atom. The Bertz CT molecular complexity index is 487. The Hall–Kier alpha value is -1.68. The zero-order valence-corrected chi connectivity index (χ0v) is 11.8. The summed E-state index contributed by atoms with van der Waals surface area (Å²) in [5.74, 6) is 0. The van der Waals surface area contributed by atoms with Crippen LogP contribution in [0.5, 0.6) is 0 Å². The van der Waals surface area contributed by atoms with Gasteiger partial charge in [0, 0.05) is 5.56 Å². The molecule has 0 amide bonds. The van der Waals surface area contributed by atoms with Gasteiger partial charge in [0.2, 0.25) is 0 Å². The summed E-state index contributed by atoms with van der Waals surface area (Å²) in [6.45, 7) is 3.45. The second-order valence-electron chi connectivity index (χ2n) is 5.01. The molecule has 1 N–H and O–H groups in total. The number of benzene rings is 2. The topological polar surface area (TPSA) is 36.7 Å². The molecule has 2 atom stereocenters. The average molecular weight is 271 g/mol. The zero-order chi connectivity index (χ0) is 14.2. The molecule has 2 rings (SSSR count). The Labute approximate surface area is 120 Å². The van der Waals surface area contributed by atoms with Crippen LogP contribution in [0.4, 0.5) is 0 Å². The van der Waals surface area contributed by atoms with Crippen LogP contribution in [-0.2, 0) is 17.9 Å². The number of quaternary nitrogens is 1. The van der Waals surface area contributed by atoms with Crippen molar-refractivity contribution >= 4 is 0 Å². The molecule has 0 saturated carbocycles. The molecule has 20 heavy (non-hydrogen) atoms. The zero-order valence-electron chi connectivity index (χ0n) is 11.8. The van der Waals surface area contributed by atoms with Crippen LogP contribution in [0.1, 0.15) is 18.1 Å². The van der Waals surface area contributed by atoms with Crippen molar-refractivity contribution in [1.82, 2.24) is 0 Å². The fourth-order valence-electron chi connectivity index (χ4n) is 2.09. The molecule has 3 heteroatoms. The van der Waals surface area contributed by atoms with Gasteiger partial charge in [0.05, 0.1) is 6.61 Å². The van der Waals surface area contributed by atoms with Gasteiger partial charge in [-0.05, 0) is 12.5 Å². The van der Waals surface area contributed by atoms with Crippen molar-refractivity contribution in [3.8, 4) is 0 Å². The number of rotatable bonds is 7. The minimum Gasteiger partial charge on any atom is -0.634 e. The van der Waals surface area contributed by atoms with Crippen LogP contribution in [-0.4, -0.2) is 12.6 Å². The van der Waals surface area contributed by atoms with Crippen molar-refractivity contribution in [2.45, 2.75) is 26.2 Å². The fraction of sp³-hybridized carbons (Fsp3) is 0.294. The van der Waals surface area contributed by atoms with Crippen molar-refractivity contribution in [2.24, 2.45) is 0 Å². The first kappa shape index (κ1) is 14.7. The standard InChI is InChI=1S/C17H21NO2/c1-15(20-14-17-10-6-3-7-11-17)12-18(19)13-16-8-4-2-5-9-16/h2-11,15,18H,12-14H2,1H3/t15-/m0/s1. The van der Waals surface area contributed by atoms with Gasteiger partial charge in [-0.25, -0.2) is 0 Å². The van der Waals surface area contributed by atoms with Crippen LogP contribution in [0.2, 0.25) is 0 Å². The van der Waals surface area contributed by atoms with E-state index < -0.39 is 0 Å². The maximum atomic E-state index is 12.0.